The highest BCUT2D eigenvalue weighted by Crippen LogP contribution is 2.15. The van der Waals surface area contributed by atoms with E-state index < -0.39 is 11.6 Å². The highest BCUT2D eigenvalue weighted by molar-refractivity contribution is 5.92. The quantitative estimate of drug-likeness (QED) is 0.840. The molecule has 1 amide bonds. The monoisotopic (exact) mass is 333 g/mol. The number of hydrogen-bond donors (Lipinski definition) is 2. The number of nitrogens with one attached hydrogen (secondary N) is 2. The van der Waals surface area contributed by atoms with Crippen molar-refractivity contribution in [1.82, 2.24) is 10.2 Å². The van der Waals surface area contributed by atoms with E-state index in [0.717, 1.165) is 44.6 Å². The fourth-order valence-corrected chi connectivity index (χ4v) is 2.59. The molecule has 0 bridgehead atoms. The second-order valence-corrected chi connectivity index (χ2v) is 5.29. The van der Waals surface area contributed by atoms with Crippen LogP contribution in [-0.4, -0.2) is 43.0 Å². The van der Waals surface area contributed by atoms with Gasteiger partial charge in [-0.25, -0.2) is 8.78 Å². The summed E-state index contributed by atoms with van der Waals surface area (Å²) in [5.74, 6) is -1.69. The molecule has 1 aromatic carbocycles. The minimum atomic E-state index is -0.757. The van der Waals surface area contributed by atoms with Gasteiger partial charge in [0.1, 0.15) is 11.6 Å². The van der Waals surface area contributed by atoms with Gasteiger partial charge in [0.15, 0.2) is 0 Å². The Morgan fingerprint density at radius 3 is 2.82 bits per heavy atom. The second-order valence-electron chi connectivity index (χ2n) is 5.29. The first-order chi connectivity index (χ1) is 10.1. The van der Waals surface area contributed by atoms with Crippen molar-refractivity contribution in [3.05, 3.63) is 29.8 Å². The molecular formula is C15H22ClF2N3O. The van der Waals surface area contributed by atoms with Crippen molar-refractivity contribution >= 4 is 24.0 Å². The van der Waals surface area contributed by atoms with Crippen molar-refractivity contribution in [2.75, 3.05) is 31.5 Å². The second kappa shape index (κ2) is 9.02. The zero-order valence-electron chi connectivity index (χ0n) is 12.6. The zero-order valence-corrected chi connectivity index (χ0v) is 13.4. The van der Waals surface area contributed by atoms with E-state index in [0.29, 0.717) is 6.04 Å². The Morgan fingerprint density at radius 2 is 2.23 bits per heavy atom. The third-order valence-corrected chi connectivity index (χ3v) is 3.61. The molecule has 0 saturated carbocycles. The van der Waals surface area contributed by atoms with E-state index in [1.165, 1.54) is 6.07 Å². The number of halogens is 3. The number of rotatable bonds is 6. The SMILES string of the molecule is CCCN(CC(=O)Nc1ccc(F)cc1F)C1CCNC1.Cl. The molecular weight excluding hydrogens is 312 g/mol. The van der Waals surface area contributed by atoms with Crippen LogP contribution < -0.4 is 10.6 Å². The number of amides is 1. The first kappa shape index (κ1) is 18.8. The summed E-state index contributed by atoms with van der Waals surface area (Å²) >= 11 is 0. The lowest BCUT2D eigenvalue weighted by molar-refractivity contribution is -0.117. The number of anilines is 1. The van der Waals surface area contributed by atoms with Crippen LogP contribution in [0.3, 0.4) is 0 Å². The molecule has 7 heteroatoms. The van der Waals surface area contributed by atoms with Gasteiger partial charge in [-0.2, -0.15) is 0 Å². The van der Waals surface area contributed by atoms with Crippen molar-refractivity contribution < 1.29 is 13.6 Å². The fraction of sp³-hybridized carbons (Fsp3) is 0.533. The maximum absolute atomic E-state index is 13.5. The number of nitrogens with zero attached hydrogens (tertiary/aromatic N) is 1. The van der Waals surface area contributed by atoms with E-state index in [-0.39, 0.29) is 30.5 Å². The minimum Gasteiger partial charge on any atom is -0.322 e. The van der Waals surface area contributed by atoms with Gasteiger partial charge >= 0.3 is 0 Å². The lowest BCUT2D eigenvalue weighted by Gasteiger charge is -2.27. The molecule has 124 valence electrons. The number of benzene rings is 1. The maximum Gasteiger partial charge on any atom is 0.238 e. The third kappa shape index (κ3) is 5.19. The van der Waals surface area contributed by atoms with Crippen molar-refractivity contribution in [2.24, 2.45) is 0 Å². The van der Waals surface area contributed by atoms with Gasteiger partial charge in [0.25, 0.3) is 0 Å². The van der Waals surface area contributed by atoms with Crippen LogP contribution in [0.5, 0.6) is 0 Å². The highest BCUT2D eigenvalue weighted by Gasteiger charge is 2.23. The molecule has 0 aromatic heterocycles. The average Bonchev–Trinajstić information content (AvgIpc) is 2.95. The van der Waals surface area contributed by atoms with E-state index in [4.69, 9.17) is 0 Å². The molecule has 1 heterocycles. The highest BCUT2D eigenvalue weighted by atomic mass is 35.5. The Labute approximate surface area is 135 Å². The third-order valence-electron chi connectivity index (χ3n) is 3.61. The predicted octanol–water partition coefficient (Wildman–Crippen LogP) is 2.40. The van der Waals surface area contributed by atoms with Crippen LogP contribution in [0, 0.1) is 11.6 Å². The van der Waals surface area contributed by atoms with Crippen LogP contribution in [0.1, 0.15) is 19.8 Å². The summed E-state index contributed by atoms with van der Waals surface area (Å²) < 4.78 is 26.4. The van der Waals surface area contributed by atoms with Gasteiger partial charge in [-0.15, -0.1) is 12.4 Å². The van der Waals surface area contributed by atoms with E-state index >= 15 is 0 Å². The molecule has 4 nitrogen and oxygen atoms in total. The van der Waals surface area contributed by atoms with Gasteiger partial charge < -0.3 is 10.6 Å². The standard InChI is InChI=1S/C15H21F2N3O.ClH/c1-2-7-20(12-5-6-18-9-12)10-15(21)19-14-4-3-11(16)8-13(14)17;/h3-4,8,12,18H,2,5-7,9-10H2,1H3,(H,19,21);1H. The summed E-state index contributed by atoms with van der Waals surface area (Å²) in [4.78, 5) is 14.2. The molecule has 1 aliphatic rings. The van der Waals surface area contributed by atoms with Gasteiger partial charge in [-0.1, -0.05) is 6.92 Å². The molecule has 1 fully saturated rings. The molecule has 22 heavy (non-hydrogen) atoms. The van der Waals surface area contributed by atoms with Crippen LogP contribution in [0.15, 0.2) is 18.2 Å². The molecule has 1 saturated heterocycles. The summed E-state index contributed by atoms with van der Waals surface area (Å²) in [5.41, 5.74) is 0.0161. The smallest absolute Gasteiger partial charge is 0.238 e. The Morgan fingerprint density at radius 1 is 1.45 bits per heavy atom. The van der Waals surface area contributed by atoms with Gasteiger partial charge in [0, 0.05) is 18.7 Å². The number of carbonyl (C=O) groups is 1. The summed E-state index contributed by atoms with van der Waals surface area (Å²) in [6.45, 7) is 4.94. The molecule has 0 aliphatic carbocycles. The molecule has 1 unspecified atom stereocenters. The van der Waals surface area contributed by atoms with E-state index in [9.17, 15) is 13.6 Å². The summed E-state index contributed by atoms with van der Waals surface area (Å²) in [6.07, 6.45) is 1.97. The lowest BCUT2D eigenvalue weighted by Crippen LogP contribution is -2.42. The van der Waals surface area contributed by atoms with Gasteiger partial charge in [-0.3, -0.25) is 9.69 Å². The molecule has 1 aromatic rings. The molecule has 0 radical (unpaired) electrons. The Bertz CT molecular complexity index is 496. The first-order valence-corrected chi connectivity index (χ1v) is 7.30. The predicted molar refractivity (Wildman–Crippen MR) is 85.4 cm³/mol. The largest absolute Gasteiger partial charge is 0.322 e. The molecule has 0 spiro atoms. The van der Waals surface area contributed by atoms with Crippen molar-refractivity contribution in [3.8, 4) is 0 Å². The van der Waals surface area contributed by atoms with Crippen LogP contribution >= 0.6 is 12.4 Å². The normalized spacial score (nSPS) is 17.4. The van der Waals surface area contributed by atoms with Gasteiger partial charge in [0.05, 0.1) is 12.2 Å². The summed E-state index contributed by atoms with van der Waals surface area (Å²) in [6, 6.07) is 3.47. The van der Waals surface area contributed by atoms with Crippen LogP contribution in [-0.2, 0) is 4.79 Å². The summed E-state index contributed by atoms with van der Waals surface area (Å²) in [5, 5.41) is 5.78. The topological polar surface area (TPSA) is 44.4 Å². The zero-order chi connectivity index (χ0) is 15.2. The Hall–Kier alpha value is -1.24. The molecule has 2 N–H and O–H groups in total. The van der Waals surface area contributed by atoms with Crippen LogP contribution in [0.4, 0.5) is 14.5 Å². The average molecular weight is 334 g/mol. The lowest BCUT2D eigenvalue weighted by atomic mass is 10.2. The number of carbonyl (C=O) groups excluding carboxylic acids is 1. The van der Waals surface area contributed by atoms with Crippen LogP contribution in [0.2, 0.25) is 0 Å². The van der Waals surface area contributed by atoms with Crippen LogP contribution in [0.25, 0.3) is 0 Å². The summed E-state index contributed by atoms with van der Waals surface area (Å²) in [7, 11) is 0. The van der Waals surface area contributed by atoms with Crippen molar-refractivity contribution in [3.63, 3.8) is 0 Å². The van der Waals surface area contributed by atoms with Crippen molar-refractivity contribution in [1.29, 1.82) is 0 Å². The van der Waals surface area contributed by atoms with Gasteiger partial charge in [-0.05, 0) is 38.1 Å². The Kier molecular flexibility index (Phi) is 7.72. The molecule has 1 aliphatic heterocycles. The first-order valence-electron chi connectivity index (χ1n) is 7.30. The molecule has 1 atom stereocenters. The van der Waals surface area contributed by atoms with E-state index in [2.05, 4.69) is 22.5 Å². The minimum absolute atomic E-state index is 0. The van der Waals surface area contributed by atoms with Gasteiger partial charge in [0.2, 0.25) is 5.91 Å². The number of hydrogen-bond acceptors (Lipinski definition) is 3. The fourth-order valence-electron chi connectivity index (χ4n) is 2.59. The van der Waals surface area contributed by atoms with Crippen molar-refractivity contribution in [2.45, 2.75) is 25.8 Å². The maximum atomic E-state index is 13.5. The van der Waals surface area contributed by atoms with E-state index in [1.807, 2.05) is 0 Å². The Balaban J connectivity index is 0.00000242. The van der Waals surface area contributed by atoms with E-state index in [1.54, 1.807) is 0 Å². The molecule has 2 rings (SSSR count).